The van der Waals surface area contributed by atoms with Crippen LogP contribution in [0.4, 0.5) is 5.69 Å². The number of para-hydroxylation sites is 1. The first-order chi connectivity index (χ1) is 14.6. The van der Waals surface area contributed by atoms with Crippen molar-refractivity contribution in [2.75, 3.05) is 5.32 Å². The number of carbonyl (C=O) groups is 2. The molecule has 0 unspecified atom stereocenters. The average molecular weight is 399 g/mol. The van der Waals surface area contributed by atoms with Crippen LogP contribution in [0.3, 0.4) is 0 Å². The van der Waals surface area contributed by atoms with E-state index in [0.29, 0.717) is 29.4 Å². The van der Waals surface area contributed by atoms with Crippen molar-refractivity contribution in [2.45, 2.75) is 19.4 Å². The Hall–Kier alpha value is -4.07. The predicted molar refractivity (Wildman–Crippen MR) is 111 cm³/mol. The Balaban J connectivity index is 1.45. The summed E-state index contributed by atoms with van der Waals surface area (Å²) in [6, 6.07) is 14.6. The van der Waals surface area contributed by atoms with Crippen LogP contribution in [0.2, 0.25) is 0 Å². The third kappa shape index (κ3) is 3.08. The van der Waals surface area contributed by atoms with Crippen LogP contribution in [-0.2, 0) is 17.8 Å². The van der Waals surface area contributed by atoms with Gasteiger partial charge >= 0.3 is 0 Å². The number of nitrogens with one attached hydrogen (secondary N) is 1. The van der Waals surface area contributed by atoms with Crippen molar-refractivity contribution in [3.63, 3.8) is 0 Å². The Labute approximate surface area is 170 Å². The van der Waals surface area contributed by atoms with Gasteiger partial charge < -0.3 is 5.32 Å². The molecule has 1 amide bonds. The van der Waals surface area contributed by atoms with E-state index in [1.165, 1.54) is 17.1 Å². The summed E-state index contributed by atoms with van der Waals surface area (Å²) in [4.78, 5) is 41.5. The van der Waals surface area contributed by atoms with Crippen molar-refractivity contribution in [3.05, 3.63) is 82.5 Å². The largest absolute Gasteiger partial charge is 0.326 e. The summed E-state index contributed by atoms with van der Waals surface area (Å²) in [6.07, 6.45) is 3.84. The smallest absolute Gasteiger partial charge is 0.264 e. The van der Waals surface area contributed by atoms with E-state index in [1.54, 1.807) is 22.9 Å². The zero-order chi connectivity index (χ0) is 20.7. The Kier molecular flexibility index (Phi) is 4.24. The van der Waals surface area contributed by atoms with E-state index in [1.807, 2.05) is 30.3 Å². The number of fused-ring (bicyclic) bond motifs is 2. The van der Waals surface area contributed by atoms with Crippen molar-refractivity contribution in [2.24, 2.45) is 0 Å². The molecule has 0 atom stereocenters. The van der Waals surface area contributed by atoms with Crippen molar-refractivity contribution in [3.8, 4) is 5.69 Å². The van der Waals surface area contributed by atoms with Gasteiger partial charge in [-0.3, -0.25) is 19.0 Å². The normalized spacial score (nSPS) is 13.1. The van der Waals surface area contributed by atoms with E-state index in [2.05, 4.69) is 15.4 Å². The molecule has 2 aromatic heterocycles. The zero-order valence-corrected chi connectivity index (χ0v) is 15.9. The molecule has 0 saturated heterocycles. The fourth-order valence-corrected chi connectivity index (χ4v) is 3.62. The van der Waals surface area contributed by atoms with Crippen LogP contribution >= 0.6 is 0 Å². The molecule has 1 aliphatic heterocycles. The van der Waals surface area contributed by atoms with Gasteiger partial charge in [0.25, 0.3) is 5.56 Å². The number of nitrogens with zero attached hydrogens (tertiary/aromatic N) is 4. The highest BCUT2D eigenvalue weighted by Gasteiger charge is 2.18. The molecule has 1 aliphatic rings. The SMILES string of the molecule is O=C1CCc2cc(C(=O)Cn3cnc4c(cnn4-c4ccccc4)c3=O)ccc2N1. The lowest BCUT2D eigenvalue weighted by atomic mass is 9.99. The number of aromatic nitrogens is 4. The third-order valence-corrected chi connectivity index (χ3v) is 5.19. The van der Waals surface area contributed by atoms with E-state index >= 15 is 0 Å². The van der Waals surface area contributed by atoms with Gasteiger partial charge in [0, 0.05) is 17.7 Å². The van der Waals surface area contributed by atoms with Crippen LogP contribution in [0, 0.1) is 0 Å². The second kappa shape index (κ2) is 7.07. The quantitative estimate of drug-likeness (QED) is 0.531. The number of carbonyl (C=O) groups excluding carboxylic acids is 2. The van der Waals surface area contributed by atoms with Crippen molar-refractivity contribution in [1.82, 2.24) is 19.3 Å². The number of hydrogen-bond donors (Lipinski definition) is 1. The predicted octanol–water partition coefficient (Wildman–Crippen LogP) is 2.35. The minimum atomic E-state index is -0.319. The summed E-state index contributed by atoms with van der Waals surface area (Å²) in [5, 5.41) is 7.43. The highest BCUT2D eigenvalue weighted by atomic mass is 16.2. The number of anilines is 1. The minimum absolute atomic E-state index is 0.0245. The molecule has 2 aromatic carbocycles. The van der Waals surface area contributed by atoms with Crippen LogP contribution in [0.25, 0.3) is 16.7 Å². The first-order valence-corrected chi connectivity index (χ1v) is 9.55. The maximum atomic E-state index is 12.9. The number of amides is 1. The van der Waals surface area contributed by atoms with Crippen molar-refractivity contribution < 1.29 is 9.59 Å². The topological polar surface area (TPSA) is 98.9 Å². The van der Waals surface area contributed by atoms with Crippen molar-refractivity contribution in [1.29, 1.82) is 0 Å². The Morgan fingerprint density at radius 1 is 1.07 bits per heavy atom. The van der Waals surface area contributed by atoms with Gasteiger partial charge in [0.2, 0.25) is 5.91 Å². The van der Waals surface area contributed by atoms with Gasteiger partial charge in [0.1, 0.15) is 11.7 Å². The molecule has 0 radical (unpaired) electrons. The van der Waals surface area contributed by atoms with Gasteiger partial charge in [-0.1, -0.05) is 18.2 Å². The molecule has 1 N–H and O–H groups in total. The standard InChI is InChI=1S/C22H17N5O3/c28-19(15-6-8-18-14(10-15)7-9-20(29)25-18)12-26-13-23-21-17(22(26)30)11-24-27(21)16-4-2-1-3-5-16/h1-6,8,10-11,13H,7,9,12H2,(H,25,29). The summed E-state index contributed by atoms with van der Waals surface area (Å²) in [5.41, 5.74) is 3.08. The minimum Gasteiger partial charge on any atom is -0.326 e. The number of aryl methyl sites for hydroxylation is 1. The van der Waals surface area contributed by atoms with Gasteiger partial charge in [-0.25, -0.2) is 9.67 Å². The molecular weight excluding hydrogens is 382 g/mol. The van der Waals surface area contributed by atoms with Crippen LogP contribution in [0.5, 0.6) is 0 Å². The molecular formula is C22H17N5O3. The maximum absolute atomic E-state index is 12.9. The Morgan fingerprint density at radius 2 is 1.90 bits per heavy atom. The van der Waals surface area contributed by atoms with Gasteiger partial charge in [-0.2, -0.15) is 5.10 Å². The van der Waals surface area contributed by atoms with Crippen LogP contribution < -0.4 is 10.9 Å². The second-order valence-corrected chi connectivity index (χ2v) is 7.15. The first-order valence-electron chi connectivity index (χ1n) is 9.55. The van der Waals surface area contributed by atoms with Gasteiger partial charge in [-0.05, 0) is 42.3 Å². The Bertz CT molecular complexity index is 1350. The lowest BCUT2D eigenvalue weighted by Crippen LogP contribution is -2.25. The summed E-state index contributed by atoms with van der Waals surface area (Å²) >= 11 is 0. The summed E-state index contributed by atoms with van der Waals surface area (Å²) in [7, 11) is 0. The molecule has 8 heteroatoms. The number of rotatable bonds is 4. The van der Waals surface area contributed by atoms with Crippen LogP contribution in [-0.4, -0.2) is 31.0 Å². The molecule has 3 heterocycles. The zero-order valence-electron chi connectivity index (χ0n) is 15.9. The highest BCUT2D eigenvalue weighted by Crippen LogP contribution is 2.24. The highest BCUT2D eigenvalue weighted by molar-refractivity contribution is 5.99. The fourth-order valence-electron chi connectivity index (χ4n) is 3.62. The molecule has 4 aromatic rings. The summed E-state index contributed by atoms with van der Waals surface area (Å²) < 4.78 is 2.89. The molecule has 0 bridgehead atoms. The molecule has 0 spiro atoms. The molecule has 0 saturated carbocycles. The third-order valence-electron chi connectivity index (χ3n) is 5.19. The van der Waals surface area contributed by atoms with Gasteiger partial charge in [0.05, 0.1) is 18.4 Å². The first kappa shape index (κ1) is 18.0. The number of Topliss-reactive ketones (excluding diaryl/α,β-unsaturated/α-hetero) is 1. The monoisotopic (exact) mass is 399 g/mol. The molecule has 30 heavy (non-hydrogen) atoms. The Morgan fingerprint density at radius 3 is 2.73 bits per heavy atom. The van der Waals surface area contributed by atoms with Crippen LogP contribution in [0.1, 0.15) is 22.3 Å². The lowest BCUT2D eigenvalue weighted by molar-refractivity contribution is -0.116. The molecule has 0 aliphatic carbocycles. The lowest BCUT2D eigenvalue weighted by Gasteiger charge is -2.17. The number of ketones is 1. The summed E-state index contributed by atoms with van der Waals surface area (Å²) in [6.45, 7) is -0.122. The molecule has 0 fully saturated rings. The van der Waals surface area contributed by atoms with E-state index in [4.69, 9.17) is 0 Å². The fraction of sp³-hybridized carbons (Fsp3) is 0.136. The summed E-state index contributed by atoms with van der Waals surface area (Å²) in [5.74, 6) is -0.225. The van der Waals surface area contributed by atoms with E-state index in [0.717, 1.165) is 16.9 Å². The van der Waals surface area contributed by atoms with E-state index in [-0.39, 0.29) is 23.8 Å². The van der Waals surface area contributed by atoms with E-state index < -0.39 is 0 Å². The molecule has 8 nitrogen and oxygen atoms in total. The van der Waals surface area contributed by atoms with Crippen molar-refractivity contribution >= 4 is 28.4 Å². The number of hydrogen-bond acceptors (Lipinski definition) is 5. The van der Waals surface area contributed by atoms with Gasteiger partial charge in [-0.15, -0.1) is 0 Å². The second-order valence-electron chi connectivity index (χ2n) is 7.15. The molecule has 5 rings (SSSR count). The van der Waals surface area contributed by atoms with Gasteiger partial charge in [0.15, 0.2) is 11.4 Å². The maximum Gasteiger partial charge on any atom is 0.264 e. The van der Waals surface area contributed by atoms with Crippen LogP contribution in [0.15, 0.2) is 65.8 Å². The average Bonchev–Trinajstić information content (AvgIpc) is 3.21. The molecule has 148 valence electrons. The number of benzene rings is 2. The van der Waals surface area contributed by atoms with E-state index in [9.17, 15) is 14.4 Å².